The predicted octanol–water partition coefficient (Wildman–Crippen LogP) is 2.83. The Hall–Kier alpha value is -3.08. The smallest absolute Gasteiger partial charge is 0.408 e. The molecule has 0 aliphatic rings. The number of hydrogen-bond donors (Lipinski definition) is 2. The van der Waals surface area contributed by atoms with Gasteiger partial charge in [-0.1, -0.05) is 43.2 Å². The van der Waals surface area contributed by atoms with Gasteiger partial charge in [0.1, 0.15) is 24.7 Å². The van der Waals surface area contributed by atoms with Crippen LogP contribution in [0.3, 0.4) is 0 Å². The largest absolute Gasteiger partial charge is 0.444 e. The lowest BCUT2D eigenvalue weighted by Gasteiger charge is -2.30. The first-order chi connectivity index (χ1) is 14.1. The first-order valence-electron chi connectivity index (χ1n) is 10.1. The molecule has 0 spiro atoms. The normalized spacial score (nSPS) is 11.7. The van der Waals surface area contributed by atoms with Crippen molar-refractivity contribution in [2.75, 3.05) is 19.6 Å². The first kappa shape index (κ1) is 25.0. The minimum Gasteiger partial charge on any atom is -0.444 e. The number of amides is 3. The van der Waals surface area contributed by atoms with Crippen molar-refractivity contribution in [3.8, 4) is 6.07 Å². The fraction of sp³-hybridized carbons (Fsp3) is 0.545. The standard InChI is InChI=1S/C22H32N4O4/c1-6-7-13-24-20(28)19(17-10-8-16(2)9-11-17)26(14-12-23)18(27)15-25-21(29)30-22(3,4)5/h8-11,19H,6-7,13-15H2,1-5H3,(H,24,28)(H,25,29). The molecule has 164 valence electrons. The molecule has 0 heterocycles. The number of alkyl carbamates (subject to hydrolysis) is 1. The van der Waals surface area contributed by atoms with Gasteiger partial charge in [0, 0.05) is 6.54 Å². The van der Waals surface area contributed by atoms with E-state index in [9.17, 15) is 19.6 Å². The number of nitrogens with zero attached hydrogens (tertiary/aromatic N) is 2. The zero-order valence-corrected chi connectivity index (χ0v) is 18.4. The highest BCUT2D eigenvalue weighted by molar-refractivity contribution is 5.90. The van der Waals surface area contributed by atoms with Crippen molar-refractivity contribution in [1.29, 1.82) is 5.26 Å². The summed E-state index contributed by atoms with van der Waals surface area (Å²) in [4.78, 5) is 38.8. The molecule has 1 aromatic carbocycles. The Balaban J connectivity index is 3.06. The zero-order chi connectivity index (χ0) is 22.7. The van der Waals surface area contributed by atoms with Crippen LogP contribution in [0.4, 0.5) is 4.79 Å². The van der Waals surface area contributed by atoms with Crippen molar-refractivity contribution >= 4 is 17.9 Å². The van der Waals surface area contributed by atoms with E-state index < -0.39 is 23.6 Å². The van der Waals surface area contributed by atoms with Crippen molar-refractivity contribution in [2.24, 2.45) is 0 Å². The first-order valence-corrected chi connectivity index (χ1v) is 10.1. The van der Waals surface area contributed by atoms with Crippen LogP contribution >= 0.6 is 0 Å². The van der Waals surface area contributed by atoms with E-state index in [0.717, 1.165) is 18.4 Å². The summed E-state index contributed by atoms with van der Waals surface area (Å²) >= 11 is 0. The summed E-state index contributed by atoms with van der Waals surface area (Å²) < 4.78 is 5.13. The second-order valence-corrected chi connectivity index (χ2v) is 7.99. The fourth-order valence-electron chi connectivity index (χ4n) is 2.67. The van der Waals surface area contributed by atoms with Gasteiger partial charge in [-0.15, -0.1) is 0 Å². The van der Waals surface area contributed by atoms with E-state index in [2.05, 4.69) is 10.6 Å². The maximum Gasteiger partial charge on any atom is 0.408 e. The molecule has 0 aliphatic heterocycles. The van der Waals surface area contributed by atoms with Crippen LogP contribution in [0.25, 0.3) is 0 Å². The molecule has 0 radical (unpaired) electrons. The van der Waals surface area contributed by atoms with Crippen molar-refractivity contribution < 1.29 is 19.1 Å². The second-order valence-electron chi connectivity index (χ2n) is 7.99. The third-order valence-corrected chi connectivity index (χ3v) is 4.13. The second kappa shape index (κ2) is 11.8. The summed E-state index contributed by atoms with van der Waals surface area (Å²) in [5, 5.41) is 14.5. The molecule has 0 aliphatic carbocycles. The Kier molecular flexibility index (Phi) is 9.82. The molecule has 8 nitrogen and oxygen atoms in total. The van der Waals surface area contributed by atoms with Crippen LogP contribution in [0, 0.1) is 18.3 Å². The topological polar surface area (TPSA) is 112 Å². The molecular weight excluding hydrogens is 384 g/mol. The maximum absolute atomic E-state index is 12.9. The number of aryl methyl sites for hydroxylation is 1. The third-order valence-electron chi connectivity index (χ3n) is 4.13. The molecule has 1 atom stereocenters. The molecule has 30 heavy (non-hydrogen) atoms. The minimum atomic E-state index is -0.977. The van der Waals surface area contributed by atoms with Crippen LogP contribution in [0.2, 0.25) is 0 Å². The molecule has 1 aromatic rings. The van der Waals surface area contributed by atoms with Gasteiger partial charge in [0.2, 0.25) is 11.8 Å². The van der Waals surface area contributed by atoms with E-state index in [-0.39, 0.29) is 19.0 Å². The molecule has 2 N–H and O–H groups in total. The Morgan fingerprint density at radius 3 is 2.33 bits per heavy atom. The van der Waals surface area contributed by atoms with Gasteiger partial charge in [0.15, 0.2) is 0 Å². The summed E-state index contributed by atoms with van der Waals surface area (Å²) in [6, 6.07) is 8.17. The van der Waals surface area contributed by atoms with Gasteiger partial charge in [-0.05, 0) is 39.7 Å². The van der Waals surface area contributed by atoms with Crippen molar-refractivity contribution in [3.63, 3.8) is 0 Å². The average molecular weight is 417 g/mol. The number of ether oxygens (including phenoxy) is 1. The molecule has 0 saturated heterocycles. The highest BCUT2D eigenvalue weighted by atomic mass is 16.6. The number of unbranched alkanes of at least 4 members (excludes halogenated alkanes) is 1. The van der Waals surface area contributed by atoms with Gasteiger partial charge >= 0.3 is 6.09 Å². The Morgan fingerprint density at radius 2 is 1.80 bits per heavy atom. The fourth-order valence-corrected chi connectivity index (χ4v) is 2.67. The Labute approximate surface area is 178 Å². The van der Waals surface area contributed by atoms with Gasteiger partial charge in [-0.3, -0.25) is 9.59 Å². The van der Waals surface area contributed by atoms with Gasteiger partial charge < -0.3 is 20.3 Å². The van der Waals surface area contributed by atoms with Crippen molar-refractivity contribution in [3.05, 3.63) is 35.4 Å². The molecule has 8 heteroatoms. The van der Waals surface area contributed by atoms with Crippen molar-refractivity contribution in [2.45, 2.75) is 59.1 Å². The number of carbonyl (C=O) groups is 3. The quantitative estimate of drug-likeness (QED) is 0.475. The number of nitriles is 1. The van der Waals surface area contributed by atoms with Crippen LogP contribution in [-0.2, 0) is 14.3 Å². The molecular formula is C22H32N4O4. The minimum absolute atomic E-state index is 0.297. The third kappa shape index (κ3) is 8.52. The lowest BCUT2D eigenvalue weighted by molar-refractivity contribution is -0.139. The zero-order valence-electron chi connectivity index (χ0n) is 18.4. The number of hydrogen-bond acceptors (Lipinski definition) is 5. The van der Waals surface area contributed by atoms with Gasteiger partial charge in [0.25, 0.3) is 0 Å². The Bertz CT molecular complexity index is 763. The monoisotopic (exact) mass is 416 g/mol. The summed E-state index contributed by atoms with van der Waals surface area (Å²) in [7, 11) is 0. The van der Waals surface area contributed by atoms with E-state index in [1.165, 1.54) is 4.90 Å². The lowest BCUT2D eigenvalue weighted by atomic mass is 10.0. The average Bonchev–Trinajstić information content (AvgIpc) is 2.66. The van der Waals surface area contributed by atoms with Gasteiger partial charge in [-0.2, -0.15) is 5.26 Å². The molecule has 0 aromatic heterocycles. The maximum atomic E-state index is 12.9. The van der Waals surface area contributed by atoms with Crippen LogP contribution in [-0.4, -0.2) is 48.0 Å². The highest BCUT2D eigenvalue weighted by Gasteiger charge is 2.31. The molecule has 0 saturated carbocycles. The number of benzene rings is 1. The van der Waals surface area contributed by atoms with Crippen LogP contribution in [0.5, 0.6) is 0 Å². The summed E-state index contributed by atoms with van der Waals surface area (Å²) in [6.07, 6.45) is 0.974. The lowest BCUT2D eigenvalue weighted by Crippen LogP contribution is -2.48. The molecule has 0 bridgehead atoms. The summed E-state index contributed by atoms with van der Waals surface area (Å²) in [5.74, 6) is -0.924. The van der Waals surface area contributed by atoms with E-state index in [0.29, 0.717) is 12.1 Å². The molecule has 1 rings (SSSR count). The number of nitrogens with one attached hydrogen (secondary N) is 2. The van der Waals surface area contributed by atoms with Crippen LogP contribution in [0.15, 0.2) is 24.3 Å². The molecule has 0 fully saturated rings. The highest BCUT2D eigenvalue weighted by Crippen LogP contribution is 2.22. The SMILES string of the molecule is CCCCNC(=O)C(c1ccc(C)cc1)N(CC#N)C(=O)CNC(=O)OC(C)(C)C. The van der Waals surface area contributed by atoms with E-state index in [4.69, 9.17) is 4.74 Å². The van der Waals surface area contributed by atoms with E-state index in [1.807, 2.05) is 32.0 Å². The van der Waals surface area contributed by atoms with Gasteiger partial charge in [0.05, 0.1) is 6.07 Å². The van der Waals surface area contributed by atoms with Crippen molar-refractivity contribution in [1.82, 2.24) is 15.5 Å². The number of rotatable bonds is 9. The summed E-state index contributed by atoms with van der Waals surface area (Å²) in [5.41, 5.74) is 0.896. The predicted molar refractivity (Wildman–Crippen MR) is 113 cm³/mol. The molecule has 3 amide bonds. The summed E-state index contributed by atoms with van der Waals surface area (Å²) in [6.45, 7) is 8.86. The Morgan fingerprint density at radius 1 is 1.17 bits per heavy atom. The van der Waals surface area contributed by atoms with E-state index >= 15 is 0 Å². The van der Waals surface area contributed by atoms with Gasteiger partial charge in [-0.25, -0.2) is 4.79 Å². The van der Waals surface area contributed by atoms with Crippen LogP contribution in [0.1, 0.15) is 57.7 Å². The molecule has 1 unspecified atom stereocenters. The van der Waals surface area contributed by atoms with E-state index in [1.54, 1.807) is 32.9 Å². The van der Waals surface area contributed by atoms with Crippen LogP contribution < -0.4 is 10.6 Å². The number of carbonyl (C=O) groups excluding carboxylic acids is 3.